The highest BCUT2D eigenvalue weighted by Gasteiger charge is 2.30. The molecule has 0 bridgehead atoms. The second-order valence-corrected chi connectivity index (χ2v) is 7.10. The molecule has 4 heteroatoms. The third-order valence-electron chi connectivity index (χ3n) is 3.57. The fourth-order valence-corrected chi connectivity index (χ4v) is 3.59. The van der Waals surface area contributed by atoms with Crippen LogP contribution in [0, 0.1) is 0 Å². The molecule has 1 amide bonds. The molecule has 1 fully saturated rings. The zero-order chi connectivity index (χ0) is 13.7. The van der Waals surface area contributed by atoms with Crippen molar-refractivity contribution in [3.8, 4) is 0 Å². The summed E-state index contributed by atoms with van der Waals surface area (Å²) < 4.78 is 0.197. The van der Waals surface area contributed by atoms with Crippen LogP contribution in [-0.2, 0) is 11.2 Å². The van der Waals surface area contributed by atoms with Gasteiger partial charge in [0.1, 0.15) is 0 Å². The van der Waals surface area contributed by atoms with Crippen LogP contribution in [0.4, 0.5) is 0 Å². The highest BCUT2D eigenvalue weighted by molar-refractivity contribution is 8.00. The summed E-state index contributed by atoms with van der Waals surface area (Å²) in [5.74, 6) is 1.15. The lowest BCUT2D eigenvalue weighted by atomic mass is 10.0. The van der Waals surface area contributed by atoms with Crippen LogP contribution < -0.4 is 11.1 Å². The second-order valence-electron chi connectivity index (χ2n) is 5.42. The standard InChI is InChI=1S/C15H22N2OS/c1-15(8-5-9-19-15)11-17-14(18)13(16)10-12-6-3-2-4-7-12/h2-4,6-7,13H,5,8-11,16H2,1H3,(H,17,18)/t13-,15?/m1/s1. The van der Waals surface area contributed by atoms with Gasteiger partial charge in [-0.3, -0.25) is 4.79 Å². The van der Waals surface area contributed by atoms with E-state index in [2.05, 4.69) is 12.2 Å². The number of thioether (sulfide) groups is 1. The molecule has 1 aromatic rings. The number of carbonyl (C=O) groups is 1. The molecule has 104 valence electrons. The van der Waals surface area contributed by atoms with Crippen LogP contribution in [0.2, 0.25) is 0 Å². The molecular weight excluding hydrogens is 256 g/mol. The average molecular weight is 278 g/mol. The minimum absolute atomic E-state index is 0.0439. The zero-order valence-corrected chi connectivity index (χ0v) is 12.2. The normalized spacial score (nSPS) is 24.1. The lowest BCUT2D eigenvalue weighted by Crippen LogP contribution is -2.46. The van der Waals surface area contributed by atoms with Crippen molar-refractivity contribution in [3.05, 3.63) is 35.9 Å². The van der Waals surface area contributed by atoms with Gasteiger partial charge in [-0.2, -0.15) is 11.8 Å². The molecule has 1 saturated heterocycles. The summed E-state index contributed by atoms with van der Waals surface area (Å²) in [7, 11) is 0. The molecule has 2 atom stereocenters. The minimum Gasteiger partial charge on any atom is -0.353 e. The third-order valence-corrected chi connectivity index (χ3v) is 5.11. The number of nitrogens with one attached hydrogen (secondary N) is 1. The maximum atomic E-state index is 12.0. The Bertz CT molecular complexity index is 415. The van der Waals surface area contributed by atoms with E-state index >= 15 is 0 Å². The van der Waals surface area contributed by atoms with Crippen molar-refractivity contribution in [2.45, 2.75) is 37.0 Å². The molecule has 1 aromatic carbocycles. The van der Waals surface area contributed by atoms with Crippen LogP contribution in [0.1, 0.15) is 25.3 Å². The van der Waals surface area contributed by atoms with Gasteiger partial charge >= 0.3 is 0 Å². The molecule has 0 aliphatic carbocycles. The van der Waals surface area contributed by atoms with Crippen molar-refractivity contribution >= 4 is 17.7 Å². The highest BCUT2D eigenvalue weighted by atomic mass is 32.2. The monoisotopic (exact) mass is 278 g/mol. The van der Waals surface area contributed by atoms with E-state index in [9.17, 15) is 4.79 Å². The van der Waals surface area contributed by atoms with Crippen LogP contribution in [0.15, 0.2) is 30.3 Å². The van der Waals surface area contributed by atoms with Gasteiger partial charge in [-0.15, -0.1) is 0 Å². The van der Waals surface area contributed by atoms with Crippen molar-refractivity contribution in [1.29, 1.82) is 0 Å². The number of nitrogens with two attached hydrogens (primary N) is 1. The molecule has 19 heavy (non-hydrogen) atoms. The first-order valence-electron chi connectivity index (χ1n) is 6.80. The van der Waals surface area contributed by atoms with E-state index in [0.29, 0.717) is 6.42 Å². The van der Waals surface area contributed by atoms with Crippen LogP contribution in [0.3, 0.4) is 0 Å². The number of hydrogen-bond acceptors (Lipinski definition) is 3. The Hall–Kier alpha value is -1.00. The SMILES string of the molecule is CC1(CNC(=O)[C@H](N)Cc2ccccc2)CCCS1. The van der Waals surface area contributed by atoms with Gasteiger partial charge in [0.2, 0.25) is 5.91 Å². The summed E-state index contributed by atoms with van der Waals surface area (Å²) in [5, 5.41) is 3.00. The summed E-state index contributed by atoms with van der Waals surface area (Å²) in [6.45, 7) is 2.94. The molecule has 1 aliphatic heterocycles. The van der Waals surface area contributed by atoms with Crippen molar-refractivity contribution < 1.29 is 4.79 Å². The Kier molecular flexibility index (Phi) is 4.88. The number of rotatable bonds is 5. The van der Waals surface area contributed by atoms with E-state index < -0.39 is 6.04 Å². The molecule has 3 N–H and O–H groups in total. The lowest BCUT2D eigenvalue weighted by molar-refractivity contribution is -0.122. The zero-order valence-electron chi connectivity index (χ0n) is 11.4. The molecule has 0 aromatic heterocycles. The molecule has 2 rings (SSSR count). The van der Waals surface area contributed by atoms with E-state index in [1.165, 1.54) is 18.6 Å². The van der Waals surface area contributed by atoms with Gasteiger partial charge in [0.15, 0.2) is 0 Å². The summed E-state index contributed by atoms with van der Waals surface area (Å²) >= 11 is 1.95. The van der Waals surface area contributed by atoms with Crippen LogP contribution in [0.5, 0.6) is 0 Å². The number of hydrogen-bond donors (Lipinski definition) is 2. The van der Waals surface area contributed by atoms with Crippen molar-refractivity contribution in [1.82, 2.24) is 5.32 Å². The van der Waals surface area contributed by atoms with Crippen molar-refractivity contribution in [2.24, 2.45) is 5.73 Å². The Morgan fingerprint density at radius 1 is 1.47 bits per heavy atom. The highest BCUT2D eigenvalue weighted by Crippen LogP contribution is 2.36. The first kappa shape index (κ1) is 14.4. The average Bonchev–Trinajstić information content (AvgIpc) is 2.84. The third kappa shape index (κ3) is 4.25. The fourth-order valence-electron chi connectivity index (χ4n) is 2.34. The molecule has 3 nitrogen and oxygen atoms in total. The second kappa shape index (κ2) is 6.44. The van der Waals surface area contributed by atoms with Gasteiger partial charge in [-0.05, 0) is 37.5 Å². The lowest BCUT2D eigenvalue weighted by Gasteiger charge is -2.24. The van der Waals surface area contributed by atoms with Crippen molar-refractivity contribution in [2.75, 3.05) is 12.3 Å². The summed E-state index contributed by atoms with van der Waals surface area (Å²) in [6.07, 6.45) is 3.01. The topological polar surface area (TPSA) is 55.1 Å². The van der Waals surface area contributed by atoms with Gasteiger partial charge in [0, 0.05) is 11.3 Å². The Morgan fingerprint density at radius 3 is 2.84 bits per heavy atom. The van der Waals surface area contributed by atoms with Crippen LogP contribution in [-0.4, -0.2) is 29.0 Å². The first-order valence-corrected chi connectivity index (χ1v) is 7.79. The van der Waals surface area contributed by atoms with Crippen LogP contribution >= 0.6 is 11.8 Å². The Balaban J connectivity index is 1.79. The maximum absolute atomic E-state index is 12.0. The molecular formula is C15H22N2OS. The van der Waals surface area contributed by atoms with Gasteiger partial charge < -0.3 is 11.1 Å². The quantitative estimate of drug-likeness (QED) is 0.865. The molecule has 0 spiro atoms. The van der Waals surface area contributed by atoms with E-state index in [1.54, 1.807) is 0 Å². The van der Waals surface area contributed by atoms with Gasteiger partial charge in [0.25, 0.3) is 0 Å². The number of carbonyl (C=O) groups excluding carboxylic acids is 1. The molecule has 1 heterocycles. The smallest absolute Gasteiger partial charge is 0.237 e. The molecule has 1 unspecified atom stereocenters. The summed E-state index contributed by atoms with van der Waals surface area (Å²) in [5.41, 5.74) is 7.06. The molecule has 0 saturated carbocycles. The molecule has 1 aliphatic rings. The Morgan fingerprint density at radius 2 is 2.21 bits per heavy atom. The molecule has 0 radical (unpaired) electrons. The van der Waals surface area contributed by atoms with Crippen molar-refractivity contribution in [3.63, 3.8) is 0 Å². The number of amides is 1. The first-order chi connectivity index (χ1) is 9.09. The van der Waals surface area contributed by atoms with Gasteiger partial charge in [-0.25, -0.2) is 0 Å². The van der Waals surface area contributed by atoms with Gasteiger partial charge in [-0.1, -0.05) is 30.3 Å². The largest absolute Gasteiger partial charge is 0.353 e. The van der Waals surface area contributed by atoms with E-state index in [4.69, 9.17) is 5.73 Å². The predicted octanol–water partition coefficient (Wildman–Crippen LogP) is 1.96. The van der Waals surface area contributed by atoms with E-state index in [0.717, 1.165) is 12.1 Å². The fraction of sp³-hybridized carbons (Fsp3) is 0.533. The summed E-state index contributed by atoms with van der Waals surface area (Å²) in [4.78, 5) is 12.0. The van der Waals surface area contributed by atoms with E-state index in [-0.39, 0.29) is 10.7 Å². The summed E-state index contributed by atoms with van der Waals surface area (Å²) in [6, 6.07) is 9.44. The maximum Gasteiger partial charge on any atom is 0.237 e. The van der Waals surface area contributed by atoms with Crippen LogP contribution in [0.25, 0.3) is 0 Å². The van der Waals surface area contributed by atoms with E-state index in [1.807, 2.05) is 42.1 Å². The van der Waals surface area contributed by atoms with Gasteiger partial charge in [0.05, 0.1) is 6.04 Å². The predicted molar refractivity (Wildman–Crippen MR) is 81.2 cm³/mol. The minimum atomic E-state index is -0.461. The Labute approximate surface area is 119 Å². The number of benzene rings is 1.